The molecule has 0 amide bonds. The van der Waals surface area contributed by atoms with E-state index in [1.54, 1.807) is 6.07 Å². The fraction of sp³-hybridized carbons (Fsp3) is 0.103. The first-order chi connectivity index (χ1) is 15.7. The Hall–Kier alpha value is -3.35. The van der Waals surface area contributed by atoms with Gasteiger partial charge in [0.15, 0.2) is 5.78 Å². The van der Waals surface area contributed by atoms with E-state index in [9.17, 15) is 9.90 Å². The highest BCUT2D eigenvalue weighted by Crippen LogP contribution is 2.44. The standard InChI is InChI=1S/C29H27O2P/c1-2-13-23-14-12-21-27(29(23)31)28(30)22-32(24-15-6-3-7-16-24,25-17-8-4-9-18-25)26-19-10-5-11-20-26/h3-12,14-22,31H,2,13H2,1H3. The Morgan fingerprint density at radius 3 is 1.62 bits per heavy atom. The number of para-hydroxylation sites is 1. The van der Waals surface area contributed by atoms with Gasteiger partial charge in [-0.25, -0.2) is 0 Å². The molecule has 0 unspecified atom stereocenters. The second-order valence-electron chi connectivity index (χ2n) is 7.79. The van der Waals surface area contributed by atoms with E-state index in [0.29, 0.717) is 5.56 Å². The molecule has 0 aliphatic heterocycles. The Morgan fingerprint density at radius 1 is 0.719 bits per heavy atom. The quantitative estimate of drug-likeness (QED) is 0.313. The number of rotatable bonds is 7. The van der Waals surface area contributed by atoms with Crippen molar-refractivity contribution in [2.45, 2.75) is 19.8 Å². The molecule has 32 heavy (non-hydrogen) atoms. The fourth-order valence-electron chi connectivity index (χ4n) is 4.17. The number of benzene rings is 4. The molecule has 0 atom stereocenters. The number of phenols is 1. The summed E-state index contributed by atoms with van der Waals surface area (Å²) in [5, 5.41) is 14.2. The van der Waals surface area contributed by atoms with Crippen molar-refractivity contribution >= 4 is 34.4 Å². The molecule has 2 nitrogen and oxygen atoms in total. The van der Waals surface area contributed by atoms with Crippen molar-refractivity contribution in [3.8, 4) is 5.75 Å². The van der Waals surface area contributed by atoms with Crippen molar-refractivity contribution in [3.05, 3.63) is 120 Å². The first-order valence-electron chi connectivity index (χ1n) is 10.9. The van der Waals surface area contributed by atoms with Crippen LogP contribution >= 0.6 is 6.89 Å². The molecule has 0 bridgehead atoms. The van der Waals surface area contributed by atoms with Gasteiger partial charge in [0.25, 0.3) is 0 Å². The molecule has 0 aromatic heterocycles. The highest BCUT2D eigenvalue weighted by Gasteiger charge is 2.27. The van der Waals surface area contributed by atoms with Gasteiger partial charge in [0, 0.05) is 0 Å². The highest BCUT2D eigenvalue weighted by molar-refractivity contribution is 7.95. The summed E-state index contributed by atoms with van der Waals surface area (Å²) in [6.45, 7) is -0.345. The molecule has 0 saturated heterocycles. The van der Waals surface area contributed by atoms with E-state index in [-0.39, 0.29) is 11.5 Å². The number of carbonyl (C=O) groups is 1. The largest absolute Gasteiger partial charge is 0.507 e. The van der Waals surface area contributed by atoms with Crippen LogP contribution in [0.5, 0.6) is 5.75 Å². The number of hydrogen-bond acceptors (Lipinski definition) is 2. The summed E-state index contributed by atoms with van der Waals surface area (Å²) in [6.07, 6.45) is 1.65. The topological polar surface area (TPSA) is 37.3 Å². The summed E-state index contributed by atoms with van der Waals surface area (Å²) in [5.41, 5.74) is 1.18. The molecular formula is C29H27O2P. The number of aromatic hydroxyl groups is 1. The number of carbonyl (C=O) groups excluding carboxylic acids is 1. The molecule has 0 saturated carbocycles. The summed E-state index contributed by atoms with van der Waals surface area (Å²) < 4.78 is 0. The van der Waals surface area contributed by atoms with Gasteiger partial charge in [0.05, 0.1) is 5.56 Å². The smallest absolute Gasteiger partial charge is 0.190 e. The maximum Gasteiger partial charge on any atom is 0.190 e. The molecule has 0 aliphatic carbocycles. The molecule has 0 spiro atoms. The third-order valence-corrected chi connectivity index (χ3v) is 9.67. The van der Waals surface area contributed by atoms with Crippen molar-refractivity contribution in [3.63, 3.8) is 0 Å². The molecule has 3 heteroatoms. The van der Waals surface area contributed by atoms with Gasteiger partial charge in [0.1, 0.15) is 5.75 Å². The van der Waals surface area contributed by atoms with E-state index in [1.807, 2.05) is 72.5 Å². The number of Topliss-reactive ketones (excluding diaryl/α,β-unsaturated/α-hetero) is 1. The minimum absolute atomic E-state index is 0.0999. The van der Waals surface area contributed by atoms with E-state index in [0.717, 1.165) is 34.3 Å². The van der Waals surface area contributed by atoms with E-state index in [2.05, 4.69) is 43.3 Å². The number of aryl methyl sites for hydroxylation is 1. The van der Waals surface area contributed by atoms with Crippen molar-refractivity contribution < 1.29 is 9.90 Å². The van der Waals surface area contributed by atoms with Gasteiger partial charge in [-0.05, 0) is 46.6 Å². The van der Waals surface area contributed by atoms with Gasteiger partial charge >= 0.3 is 0 Å². The molecule has 0 heterocycles. The third kappa shape index (κ3) is 4.20. The normalized spacial score (nSPS) is 11.2. The third-order valence-electron chi connectivity index (χ3n) is 5.71. The average Bonchev–Trinajstić information content (AvgIpc) is 2.85. The Bertz CT molecular complexity index is 1140. The summed E-state index contributed by atoms with van der Waals surface area (Å²) in [7, 11) is 0. The lowest BCUT2D eigenvalue weighted by Crippen LogP contribution is -2.28. The van der Waals surface area contributed by atoms with Crippen LogP contribution in [0.2, 0.25) is 0 Å². The summed E-state index contributed by atoms with van der Waals surface area (Å²) >= 11 is 0. The summed E-state index contributed by atoms with van der Waals surface area (Å²) in [5.74, 6) is 1.82. The fourth-order valence-corrected chi connectivity index (χ4v) is 7.93. The van der Waals surface area contributed by atoms with Gasteiger partial charge in [0.2, 0.25) is 0 Å². The van der Waals surface area contributed by atoms with Gasteiger partial charge in [-0.3, -0.25) is 4.79 Å². The minimum Gasteiger partial charge on any atom is -0.507 e. The van der Waals surface area contributed by atoms with Gasteiger partial charge in [-0.15, -0.1) is 0 Å². The monoisotopic (exact) mass is 438 g/mol. The van der Waals surface area contributed by atoms with Crippen molar-refractivity contribution in [2.75, 3.05) is 0 Å². The maximum atomic E-state index is 13.8. The average molecular weight is 439 g/mol. The lowest BCUT2D eigenvalue weighted by atomic mass is 10.0. The van der Waals surface area contributed by atoms with Crippen molar-refractivity contribution in [2.24, 2.45) is 0 Å². The van der Waals surface area contributed by atoms with Gasteiger partial charge in [-0.2, -0.15) is 0 Å². The molecule has 0 radical (unpaired) electrons. The lowest BCUT2D eigenvalue weighted by molar-refractivity contribution is 0.107. The lowest BCUT2D eigenvalue weighted by Gasteiger charge is -2.28. The Labute approximate surface area is 190 Å². The predicted octanol–water partition coefficient (Wildman–Crippen LogP) is 5.32. The van der Waals surface area contributed by atoms with E-state index in [1.165, 1.54) is 0 Å². The minimum atomic E-state index is -2.41. The Balaban J connectivity index is 2.03. The Kier molecular flexibility index (Phi) is 6.73. The number of phenolic OH excluding ortho intramolecular Hbond substituents is 1. The first-order valence-corrected chi connectivity index (χ1v) is 12.8. The molecule has 0 aliphatic rings. The molecule has 4 aromatic rings. The Morgan fingerprint density at radius 2 is 1.19 bits per heavy atom. The zero-order valence-electron chi connectivity index (χ0n) is 18.2. The molecule has 0 fully saturated rings. The van der Waals surface area contributed by atoms with Crippen molar-refractivity contribution in [1.82, 2.24) is 0 Å². The first kappa shape index (κ1) is 21.9. The molecule has 160 valence electrons. The molecule has 1 N–H and O–H groups in total. The van der Waals surface area contributed by atoms with Crippen LogP contribution in [0, 0.1) is 0 Å². The SMILES string of the molecule is CCCc1cccc(C(=O)C=P(c2ccccc2)(c2ccccc2)c2ccccc2)c1O. The zero-order valence-corrected chi connectivity index (χ0v) is 19.1. The van der Waals surface area contributed by atoms with E-state index >= 15 is 0 Å². The molecular weight excluding hydrogens is 411 g/mol. The van der Waals surface area contributed by atoms with Crippen LogP contribution in [-0.2, 0) is 6.42 Å². The number of hydrogen-bond donors (Lipinski definition) is 1. The van der Waals surface area contributed by atoms with Crippen LogP contribution in [0.3, 0.4) is 0 Å². The summed E-state index contributed by atoms with van der Waals surface area (Å²) in [4.78, 5) is 13.8. The van der Waals surface area contributed by atoms with Gasteiger partial charge < -0.3 is 5.11 Å². The summed E-state index contributed by atoms with van der Waals surface area (Å²) in [6, 6.07) is 36.2. The second kappa shape index (κ2) is 9.85. The van der Waals surface area contributed by atoms with E-state index in [4.69, 9.17) is 0 Å². The van der Waals surface area contributed by atoms with Crippen LogP contribution in [0.1, 0.15) is 29.3 Å². The van der Waals surface area contributed by atoms with Crippen LogP contribution in [0.4, 0.5) is 0 Å². The molecule has 4 aromatic carbocycles. The van der Waals surface area contributed by atoms with Crippen LogP contribution in [0.25, 0.3) is 0 Å². The van der Waals surface area contributed by atoms with E-state index < -0.39 is 6.89 Å². The predicted molar refractivity (Wildman–Crippen MR) is 138 cm³/mol. The number of ketones is 1. The highest BCUT2D eigenvalue weighted by atomic mass is 31.2. The van der Waals surface area contributed by atoms with Crippen molar-refractivity contribution in [1.29, 1.82) is 0 Å². The second-order valence-corrected chi connectivity index (χ2v) is 11.0. The van der Waals surface area contributed by atoms with Crippen LogP contribution in [0.15, 0.2) is 109 Å². The zero-order chi connectivity index (χ0) is 22.4. The maximum absolute atomic E-state index is 13.8. The van der Waals surface area contributed by atoms with Crippen LogP contribution in [-0.4, -0.2) is 16.7 Å². The van der Waals surface area contributed by atoms with Gasteiger partial charge in [-0.1, -0.05) is 116 Å². The van der Waals surface area contributed by atoms with Crippen LogP contribution < -0.4 is 15.9 Å². The molecule has 4 rings (SSSR count).